The van der Waals surface area contributed by atoms with E-state index in [1.54, 1.807) is 30.3 Å². The molecule has 4 N–H and O–H groups in total. The highest BCUT2D eigenvalue weighted by Gasteiger charge is 2.41. The average molecular weight is 990 g/mol. The standard InChI is InChI=1S/C48H57ClFN9O11/c1-51-42(61)11-9-33(30-60)59-47(64)34-5-3-6-38(45(34)48(59)65)52-13-20-68-22-24-70-26-25-69-23-21-67-19-12-44(63)58-17-15-57(16-18-58)14-4-7-43(62)56-40-28-35-39(29-41(40)66-2)53-31-54-46(35)55-32-8-10-37(50)36(49)27-32/h3-8,10,27-31,33,52H,9,11-26H2,1-2H3,(H,51,61)(H,56,62)(H,53,54,55)/b7-4+. The Bertz CT molecular complexity index is 2510. The van der Waals surface area contributed by atoms with Gasteiger partial charge in [0.25, 0.3) is 11.8 Å². The summed E-state index contributed by atoms with van der Waals surface area (Å²) in [6.07, 6.45) is 5.40. The van der Waals surface area contributed by atoms with Crippen molar-refractivity contribution in [2.24, 2.45) is 0 Å². The second-order valence-corrected chi connectivity index (χ2v) is 16.3. The normalized spacial score (nSPS) is 14.2. The van der Waals surface area contributed by atoms with Gasteiger partial charge >= 0.3 is 0 Å². The van der Waals surface area contributed by atoms with Crippen LogP contribution in [0.25, 0.3) is 10.9 Å². The Morgan fingerprint density at radius 1 is 0.857 bits per heavy atom. The maximum atomic E-state index is 13.7. The Labute approximate surface area is 409 Å². The van der Waals surface area contributed by atoms with Crippen molar-refractivity contribution in [2.75, 3.05) is 122 Å². The summed E-state index contributed by atoms with van der Waals surface area (Å²) in [6.45, 7) is 5.97. The van der Waals surface area contributed by atoms with E-state index in [1.165, 1.54) is 50.8 Å². The fourth-order valence-electron chi connectivity index (χ4n) is 7.57. The first-order valence-electron chi connectivity index (χ1n) is 22.7. The van der Waals surface area contributed by atoms with Crippen molar-refractivity contribution < 1.29 is 56.8 Å². The Morgan fingerprint density at radius 3 is 2.26 bits per heavy atom. The molecule has 374 valence electrons. The Balaban J connectivity index is 0.772. The number of aromatic nitrogens is 2. The van der Waals surface area contributed by atoms with E-state index in [2.05, 4.69) is 36.1 Å². The highest BCUT2D eigenvalue weighted by Crippen LogP contribution is 2.34. The first-order chi connectivity index (χ1) is 34.0. The highest BCUT2D eigenvalue weighted by atomic mass is 35.5. The largest absolute Gasteiger partial charge is 0.494 e. The number of carbonyl (C=O) groups is 6. The van der Waals surface area contributed by atoms with Crippen LogP contribution in [-0.4, -0.2) is 173 Å². The molecule has 6 rings (SSSR count). The van der Waals surface area contributed by atoms with Crippen molar-refractivity contribution in [1.29, 1.82) is 0 Å². The molecule has 4 aromatic rings. The molecule has 3 heterocycles. The minimum atomic E-state index is -1.05. The van der Waals surface area contributed by atoms with Gasteiger partial charge in [-0.1, -0.05) is 23.7 Å². The number of aldehydes is 1. The number of carbonyl (C=O) groups excluding carboxylic acids is 6. The lowest BCUT2D eigenvalue weighted by Crippen LogP contribution is -2.48. The van der Waals surface area contributed by atoms with Crippen LogP contribution in [0.4, 0.5) is 27.3 Å². The molecule has 3 aromatic carbocycles. The molecule has 70 heavy (non-hydrogen) atoms. The molecule has 1 unspecified atom stereocenters. The zero-order valence-corrected chi connectivity index (χ0v) is 39.8. The number of rotatable bonds is 28. The zero-order valence-electron chi connectivity index (χ0n) is 39.0. The summed E-state index contributed by atoms with van der Waals surface area (Å²) in [6, 6.07) is 11.4. The van der Waals surface area contributed by atoms with Crippen LogP contribution < -0.4 is 26.0 Å². The third kappa shape index (κ3) is 14.7. The molecule has 2 aliphatic rings. The molecular weight excluding hydrogens is 933 g/mol. The van der Waals surface area contributed by atoms with E-state index in [-0.39, 0.29) is 59.7 Å². The van der Waals surface area contributed by atoms with Crippen molar-refractivity contribution in [2.45, 2.75) is 25.3 Å². The van der Waals surface area contributed by atoms with E-state index in [0.717, 1.165) is 4.90 Å². The van der Waals surface area contributed by atoms with Gasteiger partial charge in [0, 0.05) is 81.6 Å². The fraction of sp³-hybridized carbons (Fsp3) is 0.417. The van der Waals surface area contributed by atoms with Crippen molar-refractivity contribution in [1.82, 2.24) is 30.0 Å². The van der Waals surface area contributed by atoms with Gasteiger partial charge in [-0.15, -0.1) is 0 Å². The molecule has 22 heteroatoms. The number of imide groups is 1. The Kier molecular flexibility index (Phi) is 20.3. The molecule has 0 radical (unpaired) electrons. The quantitative estimate of drug-likeness (QED) is 0.0272. The molecule has 0 aliphatic carbocycles. The SMILES string of the molecule is CNC(=O)CCC(C=O)N1C(=O)c2cccc(NCCOCCOCCOCCOCCC(=O)N3CCN(C/C=C/C(=O)Nc4cc5c(Nc6ccc(F)c(Cl)c6)ncnc5cc4OC)CC3)c2C1=O. The topological polar surface area (TPSA) is 232 Å². The summed E-state index contributed by atoms with van der Waals surface area (Å²) >= 11 is 5.95. The molecule has 1 fully saturated rings. The van der Waals surface area contributed by atoms with Crippen LogP contribution in [0.5, 0.6) is 5.75 Å². The van der Waals surface area contributed by atoms with Gasteiger partial charge in [0.15, 0.2) is 0 Å². The second kappa shape index (κ2) is 27.0. The van der Waals surface area contributed by atoms with Gasteiger partial charge in [0.1, 0.15) is 30.0 Å². The third-order valence-corrected chi connectivity index (χ3v) is 11.6. The number of amides is 5. The number of hydrogen-bond donors (Lipinski definition) is 4. The molecule has 0 saturated carbocycles. The first kappa shape index (κ1) is 52.7. The predicted molar refractivity (Wildman–Crippen MR) is 258 cm³/mol. The molecular formula is C48H57ClFN9O11. The van der Waals surface area contributed by atoms with Gasteiger partial charge in [-0.05, 0) is 42.8 Å². The van der Waals surface area contributed by atoms with Gasteiger partial charge < -0.3 is 54.6 Å². The van der Waals surface area contributed by atoms with E-state index in [9.17, 15) is 33.2 Å². The van der Waals surface area contributed by atoms with Crippen LogP contribution in [0.3, 0.4) is 0 Å². The highest BCUT2D eigenvalue weighted by molar-refractivity contribution is 6.31. The summed E-state index contributed by atoms with van der Waals surface area (Å²) in [5.41, 5.74) is 2.32. The molecule has 20 nitrogen and oxygen atoms in total. The summed E-state index contributed by atoms with van der Waals surface area (Å²) in [7, 11) is 2.96. The molecule has 0 bridgehead atoms. The summed E-state index contributed by atoms with van der Waals surface area (Å²) < 4.78 is 41.5. The van der Waals surface area contributed by atoms with Crippen LogP contribution in [0, 0.1) is 5.82 Å². The summed E-state index contributed by atoms with van der Waals surface area (Å²) in [5, 5.41) is 12.1. The summed E-state index contributed by atoms with van der Waals surface area (Å²) in [5.74, 6) is -1.51. The van der Waals surface area contributed by atoms with Gasteiger partial charge in [0.05, 0.1) is 99.8 Å². The fourth-order valence-corrected chi connectivity index (χ4v) is 7.76. The number of fused-ring (bicyclic) bond motifs is 2. The Morgan fingerprint density at radius 2 is 1.57 bits per heavy atom. The molecule has 0 spiro atoms. The van der Waals surface area contributed by atoms with Gasteiger partial charge in [0.2, 0.25) is 17.7 Å². The smallest absolute Gasteiger partial charge is 0.264 e. The number of piperazine rings is 1. The Hall–Kier alpha value is -6.62. The first-order valence-corrected chi connectivity index (χ1v) is 23.1. The van der Waals surface area contributed by atoms with E-state index in [1.807, 2.05) is 4.90 Å². The second-order valence-electron chi connectivity index (χ2n) is 15.9. The number of methoxy groups -OCH3 is 1. The van der Waals surface area contributed by atoms with Gasteiger partial charge in [-0.25, -0.2) is 14.4 Å². The van der Waals surface area contributed by atoms with E-state index >= 15 is 0 Å². The maximum Gasteiger partial charge on any atom is 0.264 e. The molecule has 1 saturated heterocycles. The molecule has 2 aliphatic heterocycles. The van der Waals surface area contributed by atoms with Gasteiger partial charge in [-0.2, -0.15) is 0 Å². The lowest BCUT2D eigenvalue weighted by molar-refractivity contribution is -0.134. The van der Waals surface area contributed by atoms with Crippen LogP contribution in [0.2, 0.25) is 5.02 Å². The number of anilines is 4. The lowest BCUT2D eigenvalue weighted by Gasteiger charge is -2.34. The van der Waals surface area contributed by atoms with Crippen molar-refractivity contribution in [3.8, 4) is 5.75 Å². The average Bonchev–Trinajstić information content (AvgIpc) is 3.62. The summed E-state index contributed by atoms with van der Waals surface area (Å²) in [4.78, 5) is 88.9. The van der Waals surface area contributed by atoms with E-state index in [4.69, 9.17) is 35.3 Å². The van der Waals surface area contributed by atoms with Crippen LogP contribution in [0.15, 0.2) is 67.0 Å². The number of ether oxygens (including phenoxy) is 5. The minimum Gasteiger partial charge on any atom is -0.494 e. The molecule has 1 atom stereocenters. The number of halogens is 2. The van der Waals surface area contributed by atoms with Crippen molar-refractivity contribution in [3.05, 3.63) is 89.0 Å². The van der Waals surface area contributed by atoms with E-state index < -0.39 is 23.7 Å². The zero-order chi connectivity index (χ0) is 49.8. The molecule has 1 aromatic heterocycles. The van der Waals surface area contributed by atoms with Crippen LogP contribution in [0.1, 0.15) is 40.0 Å². The van der Waals surface area contributed by atoms with Crippen molar-refractivity contribution in [3.63, 3.8) is 0 Å². The monoisotopic (exact) mass is 989 g/mol. The van der Waals surface area contributed by atoms with E-state index in [0.29, 0.717) is 131 Å². The maximum absolute atomic E-state index is 13.7. The van der Waals surface area contributed by atoms with Crippen molar-refractivity contribution >= 4 is 81.2 Å². The minimum absolute atomic E-state index is 0.00321. The number of benzene rings is 3. The number of hydrogen-bond acceptors (Lipinski definition) is 16. The molecule has 5 amide bonds. The van der Waals surface area contributed by atoms with Gasteiger partial charge in [-0.3, -0.25) is 33.8 Å². The number of nitrogens with zero attached hydrogens (tertiary/aromatic N) is 5. The van der Waals surface area contributed by atoms with Crippen LogP contribution in [-0.2, 0) is 38.1 Å². The third-order valence-electron chi connectivity index (χ3n) is 11.3. The lowest BCUT2D eigenvalue weighted by atomic mass is 10.1. The number of nitrogens with one attached hydrogen (secondary N) is 4. The van der Waals surface area contributed by atoms with Crippen LogP contribution >= 0.6 is 11.6 Å². The predicted octanol–water partition coefficient (Wildman–Crippen LogP) is 4.07.